The van der Waals surface area contributed by atoms with Crippen LogP contribution in [-0.2, 0) is 4.79 Å². The van der Waals surface area contributed by atoms with Gasteiger partial charge in [-0.05, 0) is 69.0 Å². The lowest BCUT2D eigenvalue weighted by Crippen LogP contribution is -2.68. The van der Waals surface area contributed by atoms with Crippen molar-refractivity contribution >= 4 is 17.7 Å². The summed E-state index contributed by atoms with van der Waals surface area (Å²) in [5.41, 5.74) is 1.16. The Hall–Kier alpha value is -3.22. The van der Waals surface area contributed by atoms with Crippen molar-refractivity contribution in [3.05, 3.63) is 71.0 Å². The van der Waals surface area contributed by atoms with E-state index in [0.29, 0.717) is 37.1 Å². The van der Waals surface area contributed by atoms with Gasteiger partial charge in [0.25, 0.3) is 11.8 Å². The summed E-state index contributed by atoms with van der Waals surface area (Å²) in [6, 6.07) is 13.0. The first-order chi connectivity index (χ1) is 16.3. The van der Waals surface area contributed by atoms with Gasteiger partial charge in [0, 0.05) is 43.3 Å². The number of amides is 3. The normalized spacial score (nSPS) is 21.5. The summed E-state index contributed by atoms with van der Waals surface area (Å²) in [6.45, 7) is 6.34. The average molecular weight is 464 g/mol. The lowest BCUT2D eigenvalue weighted by molar-refractivity contribution is -0.142. The van der Waals surface area contributed by atoms with Crippen molar-refractivity contribution in [1.82, 2.24) is 14.7 Å². The molecule has 2 fully saturated rings. The van der Waals surface area contributed by atoms with Crippen LogP contribution in [0.15, 0.2) is 48.5 Å². The molecule has 3 heterocycles. The Bertz CT molecular complexity index is 1120. The van der Waals surface area contributed by atoms with Crippen LogP contribution in [0, 0.1) is 5.82 Å². The molecule has 2 aromatic rings. The summed E-state index contributed by atoms with van der Waals surface area (Å²) >= 11 is 0. The van der Waals surface area contributed by atoms with Crippen molar-refractivity contribution in [2.45, 2.75) is 50.6 Å². The Morgan fingerprint density at radius 3 is 2.18 bits per heavy atom. The molecule has 1 atom stereocenters. The van der Waals surface area contributed by atoms with Crippen LogP contribution >= 0.6 is 0 Å². The minimum Gasteiger partial charge on any atom is -0.342 e. The van der Waals surface area contributed by atoms with Gasteiger partial charge in [-0.15, -0.1) is 0 Å². The summed E-state index contributed by atoms with van der Waals surface area (Å²) in [7, 11) is 0. The lowest BCUT2D eigenvalue weighted by atomic mass is 9.66. The van der Waals surface area contributed by atoms with E-state index in [2.05, 4.69) is 0 Å². The average Bonchev–Trinajstić information content (AvgIpc) is 2.78. The third-order valence-corrected chi connectivity index (χ3v) is 7.68. The predicted molar refractivity (Wildman–Crippen MR) is 126 cm³/mol. The molecule has 178 valence electrons. The minimum atomic E-state index is -0.689. The Kier molecular flexibility index (Phi) is 5.66. The lowest BCUT2D eigenvalue weighted by Gasteiger charge is -2.57. The molecule has 0 aromatic heterocycles. The monoisotopic (exact) mass is 463 g/mol. The quantitative estimate of drug-likeness (QED) is 0.698. The van der Waals surface area contributed by atoms with Gasteiger partial charge in [0.2, 0.25) is 5.91 Å². The van der Waals surface area contributed by atoms with Gasteiger partial charge >= 0.3 is 0 Å². The SMILES string of the molecule is CC(C)N1C(=O)c2ccccc2C(C(=O)N2CCC2)C12CCN(C(=O)c1ccc(F)cc1)CC2. The van der Waals surface area contributed by atoms with Gasteiger partial charge in [0.1, 0.15) is 5.82 Å². The predicted octanol–water partition coefficient (Wildman–Crippen LogP) is 3.68. The number of halogens is 1. The molecule has 1 spiro atoms. The zero-order valence-electron chi connectivity index (χ0n) is 19.7. The van der Waals surface area contributed by atoms with Gasteiger partial charge in [-0.25, -0.2) is 4.39 Å². The van der Waals surface area contributed by atoms with E-state index in [4.69, 9.17) is 0 Å². The van der Waals surface area contributed by atoms with Gasteiger partial charge in [-0.2, -0.15) is 0 Å². The fraction of sp³-hybridized carbons (Fsp3) is 0.444. The molecular weight excluding hydrogens is 433 g/mol. The molecule has 0 saturated carbocycles. The van der Waals surface area contributed by atoms with Crippen LogP contribution in [0.2, 0.25) is 0 Å². The smallest absolute Gasteiger partial charge is 0.254 e. The topological polar surface area (TPSA) is 60.9 Å². The molecule has 5 rings (SSSR count). The number of benzene rings is 2. The van der Waals surface area contributed by atoms with Crippen LogP contribution in [0.25, 0.3) is 0 Å². The number of fused-ring (bicyclic) bond motifs is 1. The molecule has 0 radical (unpaired) electrons. The molecule has 6 nitrogen and oxygen atoms in total. The van der Waals surface area contributed by atoms with Gasteiger partial charge in [0.05, 0.1) is 11.5 Å². The second-order valence-electron chi connectivity index (χ2n) is 9.87. The van der Waals surface area contributed by atoms with Crippen LogP contribution in [0.3, 0.4) is 0 Å². The molecule has 3 aliphatic heterocycles. The van der Waals surface area contributed by atoms with Crippen LogP contribution in [-0.4, -0.2) is 70.2 Å². The summed E-state index contributed by atoms with van der Waals surface area (Å²) in [6.07, 6.45) is 2.03. The first-order valence-electron chi connectivity index (χ1n) is 12.1. The van der Waals surface area contributed by atoms with E-state index in [0.717, 1.165) is 25.1 Å². The van der Waals surface area contributed by atoms with Crippen molar-refractivity contribution in [2.75, 3.05) is 26.2 Å². The van der Waals surface area contributed by atoms with Crippen LogP contribution in [0.1, 0.15) is 65.3 Å². The van der Waals surface area contributed by atoms with Crippen LogP contribution in [0.4, 0.5) is 4.39 Å². The number of rotatable bonds is 3. The number of likely N-dealkylation sites (tertiary alicyclic amines) is 2. The van der Waals surface area contributed by atoms with Gasteiger partial charge < -0.3 is 14.7 Å². The van der Waals surface area contributed by atoms with E-state index < -0.39 is 11.5 Å². The summed E-state index contributed by atoms with van der Waals surface area (Å²) < 4.78 is 13.3. The van der Waals surface area contributed by atoms with Crippen molar-refractivity contribution in [1.29, 1.82) is 0 Å². The minimum absolute atomic E-state index is 0.0448. The van der Waals surface area contributed by atoms with Crippen molar-refractivity contribution in [3.63, 3.8) is 0 Å². The molecule has 0 aliphatic carbocycles. The maximum Gasteiger partial charge on any atom is 0.254 e. The summed E-state index contributed by atoms with van der Waals surface area (Å²) in [4.78, 5) is 46.2. The fourth-order valence-electron chi connectivity index (χ4n) is 5.94. The van der Waals surface area contributed by atoms with Crippen LogP contribution in [0.5, 0.6) is 0 Å². The second-order valence-corrected chi connectivity index (χ2v) is 9.87. The third kappa shape index (κ3) is 3.49. The highest BCUT2D eigenvalue weighted by Crippen LogP contribution is 2.49. The first-order valence-corrected chi connectivity index (χ1v) is 12.1. The number of carbonyl (C=O) groups is 3. The maximum absolute atomic E-state index is 13.8. The van der Waals surface area contributed by atoms with E-state index in [-0.39, 0.29) is 29.6 Å². The van der Waals surface area contributed by atoms with Crippen LogP contribution < -0.4 is 0 Å². The Morgan fingerprint density at radius 1 is 0.941 bits per heavy atom. The molecule has 34 heavy (non-hydrogen) atoms. The highest BCUT2D eigenvalue weighted by Gasteiger charge is 2.57. The summed E-state index contributed by atoms with van der Waals surface area (Å²) in [5, 5.41) is 0. The van der Waals surface area contributed by atoms with Gasteiger partial charge in [-0.3, -0.25) is 14.4 Å². The second kappa shape index (κ2) is 8.53. The van der Waals surface area contributed by atoms with Crippen molar-refractivity contribution in [2.24, 2.45) is 0 Å². The zero-order valence-corrected chi connectivity index (χ0v) is 19.7. The van der Waals surface area contributed by atoms with Crippen molar-refractivity contribution in [3.8, 4) is 0 Å². The highest BCUT2D eigenvalue weighted by atomic mass is 19.1. The number of piperidine rings is 1. The highest BCUT2D eigenvalue weighted by molar-refractivity contribution is 6.02. The largest absolute Gasteiger partial charge is 0.342 e. The standard InChI is InChI=1S/C27H30FN3O3/c1-18(2)31-25(33)22-7-4-3-6-21(22)23(26(34)29-14-5-15-29)27(31)12-16-30(17-13-27)24(32)19-8-10-20(28)11-9-19/h3-4,6-11,18,23H,5,12-17H2,1-2H3. The Morgan fingerprint density at radius 2 is 1.59 bits per heavy atom. The molecule has 0 bridgehead atoms. The fourth-order valence-corrected chi connectivity index (χ4v) is 5.94. The number of hydrogen-bond acceptors (Lipinski definition) is 3. The molecule has 2 aromatic carbocycles. The maximum atomic E-state index is 13.8. The molecule has 3 amide bonds. The molecule has 7 heteroatoms. The van der Waals surface area contributed by atoms with E-state index in [1.807, 2.05) is 47.9 Å². The number of nitrogens with zero attached hydrogens (tertiary/aromatic N) is 3. The van der Waals surface area contributed by atoms with Crippen molar-refractivity contribution < 1.29 is 18.8 Å². The van der Waals surface area contributed by atoms with Gasteiger partial charge in [0.15, 0.2) is 0 Å². The number of hydrogen-bond donors (Lipinski definition) is 0. The number of carbonyl (C=O) groups excluding carboxylic acids is 3. The van der Waals surface area contributed by atoms with E-state index >= 15 is 0 Å². The van der Waals surface area contributed by atoms with Gasteiger partial charge in [-0.1, -0.05) is 18.2 Å². The Labute approximate surface area is 199 Å². The molecule has 2 saturated heterocycles. The summed E-state index contributed by atoms with van der Waals surface area (Å²) in [5.74, 6) is -0.952. The zero-order chi connectivity index (χ0) is 24.0. The molecular formula is C27H30FN3O3. The molecule has 3 aliphatic rings. The third-order valence-electron chi connectivity index (χ3n) is 7.68. The Balaban J connectivity index is 1.52. The van der Waals surface area contributed by atoms with E-state index in [9.17, 15) is 18.8 Å². The van der Waals surface area contributed by atoms with E-state index in [1.54, 1.807) is 4.90 Å². The first kappa shape index (κ1) is 22.6. The van der Waals surface area contributed by atoms with E-state index in [1.165, 1.54) is 24.3 Å². The molecule has 0 N–H and O–H groups in total. The molecule has 1 unspecified atom stereocenters.